The number of hydrogen-bond acceptors (Lipinski definition) is 10. The van der Waals surface area contributed by atoms with Crippen LogP contribution < -0.4 is 22.1 Å². The normalized spacial score (nSPS) is 13.2. The Bertz CT molecular complexity index is 799. The molecule has 2 amide bonds. The summed E-state index contributed by atoms with van der Waals surface area (Å²) in [7, 11) is 0.913. The van der Waals surface area contributed by atoms with Gasteiger partial charge in [0.1, 0.15) is 0 Å². The molecule has 0 fully saturated rings. The Hall–Kier alpha value is 1.74. The molecule has 0 aliphatic heterocycles. The van der Waals surface area contributed by atoms with E-state index in [9.17, 15) is 28.8 Å². The van der Waals surface area contributed by atoms with Crippen LogP contribution in [0, 0.1) is 0 Å². The summed E-state index contributed by atoms with van der Waals surface area (Å²) in [5, 5.41) is 23.9. The van der Waals surface area contributed by atoms with Crippen LogP contribution in [0.1, 0.15) is 20.8 Å². The third kappa shape index (κ3) is 32.9. The van der Waals surface area contributed by atoms with Crippen LogP contribution >= 0.6 is 63.7 Å². The van der Waals surface area contributed by atoms with Gasteiger partial charge in [-0.2, -0.15) is 0 Å². The van der Waals surface area contributed by atoms with Gasteiger partial charge in [0, 0.05) is 0 Å². The number of carboxylic acids is 2. The van der Waals surface area contributed by atoms with E-state index in [2.05, 4.69) is 71.2 Å². The summed E-state index contributed by atoms with van der Waals surface area (Å²) >= 11 is 7.74. The first-order valence-electron chi connectivity index (χ1n) is 10.9. The molecule has 0 spiro atoms. The number of rotatable bonds is 17. The van der Waals surface area contributed by atoms with E-state index in [4.69, 9.17) is 26.4 Å². The van der Waals surface area contributed by atoms with Gasteiger partial charge in [0.2, 0.25) is 0 Å². The third-order valence-electron chi connectivity index (χ3n) is 3.58. The Morgan fingerprint density at radius 1 is 0.756 bits per heavy atom. The zero-order chi connectivity index (χ0) is 32.5. The number of esters is 2. The monoisotopic (exact) mass is 1310 g/mol. The number of carbonyl (C=O) groups excluding carboxylic acids is 4. The standard InChI is InChI=1S/C13H22N2O6Se2.C6H12N2O4Se2.I4/c1-5-21-13(19)11(15-9(3)17)7-23-22-6-10(12(18)20-4)14-8(2)16;7-3(5(9)10)1-13-14-2-4(8)6(11)12;1-4(2)3/h10-11H,5-7H2,1-4H3,(H,14,16)(H,15,17);3-4H,1-2,7-8H2,(H,9,10)(H,11,12);/t10-,11-;3-,4-;/m00./s1. The molecule has 242 valence electrons. The van der Waals surface area contributed by atoms with Crippen molar-refractivity contribution >= 4 is 152 Å². The molecule has 4 atom stereocenters. The van der Waals surface area contributed by atoms with Crippen molar-refractivity contribution < 1.29 is 48.5 Å². The first-order valence-corrected chi connectivity index (χ1v) is 43.3. The summed E-state index contributed by atoms with van der Waals surface area (Å²) in [5.41, 5.74) is 10.5. The van der Waals surface area contributed by atoms with E-state index in [-0.39, 0.29) is 78.8 Å². The van der Waals surface area contributed by atoms with Crippen molar-refractivity contribution in [1.29, 1.82) is 0 Å². The summed E-state index contributed by atoms with van der Waals surface area (Å²) in [6.07, 6.45) is 0. The number of carboxylic acid groups (broad SMARTS) is 2. The summed E-state index contributed by atoms with van der Waals surface area (Å²) in [4.78, 5) is 66.2. The number of halogens is 4. The predicted octanol–water partition coefficient (Wildman–Crippen LogP) is 0.405. The summed E-state index contributed by atoms with van der Waals surface area (Å²) in [6, 6.07) is -2.97. The molecule has 0 rings (SSSR count). The topological polar surface area (TPSA) is 237 Å². The number of nitrogens with two attached hydrogens (primary N) is 2. The van der Waals surface area contributed by atoms with E-state index in [1.54, 1.807) is 6.92 Å². The van der Waals surface area contributed by atoms with Crippen LogP contribution in [-0.2, 0) is 38.2 Å². The number of hydrogen-bond donors (Lipinski definition) is 6. The van der Waals surface area contributed by atoms with E-state index in [0.29, 0.717) is 21.3 Å². The van der Waals surface area contributed by atoms with Gasteiger partial charge in [-0.1, -0.05) is 0 Å². The maximum absolute atomic E-state index is 11.8. The van der Waals surface area contributed by atoms with Crippen molar-refractivity contribution in [3.8, 4) is 0 Å². The van der Waals surface area contributed by atoms with Gasteiger partial charge in [0.05, 0.1) is 0 Å². The van der Waals surface area contributed by atoms with E-state index >= 15 is 0 Å². The predicted molar refractivity (Wildman–Crippen MR) is 193 cm³/mol. The minimum absolute atomic E-state index is 0.0531. The van der Waals surface area contributed by atoms with Gasteiger partial charge in [-0.25, -0.2) is 0 Å². The van der Waals surface area contributed by atoms with E-state index < -0.39 is 48.0 Å². The second-order valence-corrected chi connectivity index (χ2v) is 70.8. The van der Waals surface area contributed by atoms with Crippen LogP contribution in [-0.4, -0.2) is 136 Å². The Morgan fingerprint density at radius 3 is 1.34 bits per heavy atom. The fourth-order valence-corrected chi connectivity index (χ4v) is 15.7. The number of methoxy groups -OCH3 is 1. The molecule has 0 aliphatic rings. The molecule has 0 aliphatic carbocycles. The number of aliphatic carboxylic acids is 2. The van der Waals surface area contributed by atoms with Crippen molar-refractivity contribution in [3.63, 3.8) is 0 Å². The Kier molecular flexibility index (Phi) is 35.0. The summed E-state index contributed by atoms with van der Waals surface area (Å²) in [6.45, 7) is 4.63. The van der Waals surface area contributed by atoms with Crippen molar-refractivity contribution in [2.75, 3.05) is 13.7 Å². The summed E-state index contributed by atoms with van der Waals surface area (Å²) in [5.74, 6) is -3.55. The molecule has 0 bridgehead atoms. The maximum atomic E-state index is 11.8. The van der Waals surface area contributed by atoms with Gasteiger partial charge in [0.25, 0.3) is 0 Å². The zero-order valence-corrected chi connectivity index (χ0v) is 37.8. The molecule has 22 heteroatoms. The molecular formula is C19H34I4N4O10Se4. The fraction of sp³-hybridized carbons (Fsp3) is 0.684. The van der Waals surface area contributed by atoms with Crippen LogP contribution in [0.25, 0.3) is 0 Å². The van der Waals surface area contributed by atoms with Gasteiger partial charge in [0.15, 0.2) is 0 Å². The molecule has 0 aromatic heterocycles. The molecule has 41 heavy (non-hydrogen) atoms. The van der Waals surface area contributed by atoms with E-state index in [0.717, 1.165) is 0 Å². The summed E-state index contributed by atoms with van der Waals surface area (Å²) < 4.78 is 9.57. The molecule has 0 aromatic rings. The average Bonchev–Trinajstić information content (AvgIpc) is 2.86. The van der Waals surface area contributed by atoms with Crippen molar-refractivity contribution in [3.05, 3.63) is 0 Å². The first-order chi connectivity index (χ1) is 19.0. The van der Waals surface area contributed by atoms with Crippen LogP contribution in [0.4, 0.5) is 0 Å². The average molecular weight is 1300 g/mol. The molecule has 0 saturated carbocycles. The zero-order valence-electron chi connectivity index (χ0n) is 22.3. The SMILES string of the molecule is CCOC(=O)[C@H](C[Se][Se]C[C@H](NC(C)=O)C(=O)OC)NC(C)=O.II(I)I.N[C@@H](C[Se][Se]C[C@H](N)C(=O)O)C(=O)O. The van der Waals surface area contributed by atoms with Gasteiger partial charge in [-0.05, 0) is 0 Å². The molecule has 14 nitrogen and oxygen atoms in total. The van der Waals surface area contributed by atoms with Crippen LogP contribution in [0.2, 0.25) is 21.3 Å². The fourth-order valence-electron chi connectivity index (χ4n) is 1.83. The molecule has 0 heterocycles. The van der Waals surface area contributed by atoms with Crippen LogP contribution in [0.3, 0.4) is 0 Å². The van der Waals surface area contributed by atoms with Gasteiger partial charge in [-0.3, -0.25) is 0 Å². The number of amides is 2. The second-order valence-electron chi connectivity index (χ2n) is 6.97. The van der Waals surface area contributed by atoms with Gasteiger partial charge in [-0.15, -0.1) is 0 Å². The molecule has 0 radical (unpaired) electrons. The number of ether oxygens (including phenoxy) is 2. The first kappa shape index (κ1) is 47.1. The Morgan fingerprint density at radius 2 is 1.07 bits per heavy atom. The second kappa shape index (κ2) is 30.4. The third-order valence-corrected chi connectivity index (χ3v) is 17.9. The van der Waals surface area contributed by atoms with Gasteiger partial charge < -0.3 is 0 Å². The van der Waals surface area contributed by atoms with Crippen molar-refractivity contribution in [2.45, 2.75) is 66.2 Å². The minimum atomic E-state index is -1.01. The Balaban J connectivity index is -0.000000678. The number of carbonyl (C=O) groups is 6. The van der Waals surface area contributed by atoms with Crippen LogP contribution in [0.5, 0.6) is 0 Å². The molecule has 8 N–H and O–H groups in total. The van der Waals surface area contributed by atoms with Crippen molar-refractivity contribution in [2.24, 2.45) is 11.5 Å². The molecule has 0 unspecified atom stereocenters. The van der Waals surface area contributed by atoms with Crippen molar-refractivity contribution in [1.82, 2.24) is 10.6 Å². The molecule has 0 aromatic carbocycles. The number of nitrogens with one attached hydrogen (secondary N) is 2. The molecular weight excluding hydrogens is 1270 g/mol. The molecule has 0 saturated heterocycles. The van der Waals surface area contributed by atoms with Crippen LogP contribution in [0.15, 0.2) is 0 Å². The quantitative estimate of drug-likeness (QED) is 0.0503. The van der Waals surface area contributed by atoms with E-state index in [1.807, 2.05) is 0 Å². The van der Waals surface area contributed by atoms with E-state index in [1.165, 1.54) is 21.0 Å². The van der Waals surface area contributed by atoms with Gasteiger partial charge >= 0.3 is 302 Å². The Labute approximate surface area is 298 Å².